The van der Waals surface area contributed by atoms with Gasteiger partial charge < -0.3 is 15.4 Å². The molecule has 1 spiro atoms. The van der Waals surface area contributed by atoms with Crippen molar-refractivity contribution < 1.29 is 23.9 Å². The first kappa shape index (κ1) is 20.4. The van der Waals surface area contributed by atoms with Crippen LogP contribution in [-0.4, -0.2) is 46.9 Å². The second-order valence-corrected chi connectivity index (χ2v) is 8.39. The van der Waals surface area contributed by atoms with Crippen molar-refractivity contribution in [3.05, 3.63) is 35.4 Å². The molecule has 0 bridgehead atoms. The zero-order chi connectivity index (χ0) is 21.3. The molecule has 30 heavy (non-hydrogen) atoms. The zero-order valence-corrected chi connectivity index (χ0v) is 17.1. The Kier molecular flexibility index (Phi) is 5.49. The second kappa shape index (κ2) is 8.08. The molecule has 8 nitrogen and oxygen atoms in total. The third-order valence-electron chi connectivity index (χ3n) is 6.35. The molecule has 2 aliphatic carbocycles. The Hall–Kier alpha value is -2.90. The van der Waals surface area contributed by atoms with Crippen LogP contribution in [0.4, 0.5) is 4.79 Å². The summed E-state index contributed by atoms with van der Waals surface area (Å²) in [4.78, 5) is 50.6. The molecule has 0 aromatic heterocycles. The summed E-state index contributed by atoms with van der Waals surface area (Å²) in [5.74, 6) is -1.55. The fourth-order valence-corrected chi connectivity index (χ4v) is 4.75. The number of hydrogen-bond acceptors (Lipinski definition) is 5. The third kappa shape index (κ3) is 3.78. The maximum Gasteiger partial charge on any atom is 0.327 e. The molecule has 8 heteroatoms. The Morgan fingerprint density at radius 1 is 1.23 bits per heavy atom. The van der Waals surface area contributed by atoms with Crippen LogP contribution in [0.3, 0.4) is 0 Å². The van der Waals surface area contributed by atoms with Gasteiger partial charge in [0, 0.05) is 0 Å². The SMILES string of the molecule is C[C@H](OC(=O)CN1C(=O)NC2(CCCC2)C1=O)C(=O)N[C@@H]1CCCc2ccccc21. The molecule has 160 valence electrons. The molecular formula is C22H27N3O5. The van der Waals surface area contributed by atoms with Crippen molar-refractivity contribution in [1.82, 2.24) is 15.5 Å². The first-order valence-electron chi connectivity index (χ1n) is 10.6. The molecule has 0 radical (unpaired) electrons. The third-order valence-corrected chi connectivity index (χ3v) is 6.35. The van der Waals surface area contributed by atoms with Gasteiger partial charge in [-0.05, 0) is 50.2 Å². The fourth-order valence-electron chi connectivity index (χ4n) is 4.75. The Morgan fingerprint density at radius 2 is 1.97 bits per heavy atom. The number of imide groups is 1. The van der Waals surface area contributed by atoms with Crippen LogP contribution in [-0.2, 0) is 25.5 Å². The van der Waals surface area contributed by atoms with Crippen LogP contribution in [0.2, 0.25) is 0 Å². The van der Waals surface area contributed by atoms with Crippen molar-refractivity contribution in [2.24, 2.45) is 0 Å². The normalized spacial score (nSPS) is 23.1. The van der Waals surface area contributed by atoms with E-state index in [0.717, 1.165) is 42.6 Å². The number of amides is 4. The minimum Gasteiger partial charge on any atom is -0.451 e. The van der Waals surface area contributed by atoms with Crippen LogP contribution < -0.4 is 10.6 Å². The van der Waals surface area contributed by atoms with Gasteiger partial charge >= 0.3 is 12.0 Å². The molecule has 4 amide bonds. The number of nitrogens with zero attached hydrogens (tertiary/aromatic N) is 1. The number of ether oxygens (including phenoxy) is 1. The predicted molar refractivity (Wildman–Crippen MR) is 107 cm³/mol. The van der Waals surface area contributed by atoms with Crippen LogP contribution in [0.1, 0.15) is 62.6 Å². The minimum atomic E-state index is -1.02. The molecular weight excluding hydrogens is 386 g/mol. The molecule has 1 heterocycles. The van der Waals surface area contributed by atoms with Crippen LogP contribution >= 0.6 is 0 Å². The Bertz CT molecular complexity index is 877. The molecule has 1 aromatic carbocycles. The lowest BCUT2D eigenvalue weighted by atomic mass is 9.87. The maximum atomic E-state index is 12.6. The highest BCUT2D eigenvalue weighted by atomic mass is 16.5. The first-order valence-corrected chi connectivity index (χ1v) is 10.6. The minimum absolute atomic E-state index is 0.114. The molecule has 1 aromatic rings. The zero-order valence-electron chi connectivity index (χ0n) is 17.1. The number of rotatable bonds is 5. The highest BCUT2D eigenvalue weighted by Crippen LogP contribution is 2.35. The quantitative estimate of drug-likeness (QED) is 0.567. The summed E-state index contributed by atoms with van der Waals surface area (Å²) < 4.78 is 5.23. The number of carbonyl (C=O) groups excluding carboxylic acids is 4. The van der Waals surface area contributed by atoms with Gasteiger partial charge in [0.1, 0.15) is 12.1 Å². The van der Waals surface area contributed by atoms with Crippen molar-refractivity contribution in [2.45, 2.75) is 69.6 Å². The first-order chi connectivity index (χ1) is 14.4. The van der Waals surface area contributed by atoms with Crippen molar-refractivity contribution in [3.8, 4) is 0 Å². The van der Waals surface area contributed by atoms with Crippen LogP contribution in [0.15, 0.2) is 24.3 Å². The number of nitrogens with one attached hydrogen (secondary N) is 2. The standard InChI is InChI=1S/C22H27N3O5/c1-14(19(27)23-17-10-6-8-15-7-2-3-9-16(15)17)30-18(26)13-25-20(28)22(24-21(25)29)11-4-5-12-22/h2-3,7,9,14,17H,4-6,8,10-13H2,1H3,(H,23,27)(H,24,29)/t14-,17+/m0/s1. The van der Waals surface area contributed by atoms with Crippen LogP contribution in [0, 0.1) is 0 Å². The van der Waals surface area contributed by atoms with Gasteiger partial charge in [0.15, 0.2) is 6.10 Å². The van der Waals surface area contributed by atoms with Crippen LogP contribution in [0.5, 0.6) is 0 Å². The average molecular weight is 413 g/mol. The number of esters is 1. The summed E-state index contributed by atoms with van der Waals surface area (Å²) in [6.07, 6.45) is 4.68. The van der Waals surface area contributed by atoms with E-state index in [9.17, 15) is 19.2 Å². The predicted octanol–water partition coefficient (Wildman–Crippen LogP) is 1.98. The molecule has 3 aliphatic rings. The van der Waals surface area contributed by atoms with Crippen molar-refractivity contribution in [3.63, 3.8) is 0 Å². The monoisotopic (exact) mass is 413 g/mol. The Morgan fingerprint density at radius 3 is 2.73 bits per heavy atom. The number of fused-ring (bicyclic) bond motifs is 1. The summed E-state index contributed by atoms with van der Waals surface area (Å²) in [6.45, 7) is 1.00. The van der Waals surface area contributed by atoms with Crippen molar-refractivity contribution in [1.29, 1.82) is 0 Å². The average Bonchev–Trinajstić information content (AvgIpc) is 3.29. The van der Waals surface area contributed by atoms with Gasteiger partial charge in [0.05, 0.1) is 6.04 Å². The Labute approximate surface area is 175 Å². The van der Waals surface area contributed by atoms with E-state index in [4.69, 9.17) is 4.74 Å². The molecule has 4 rings (SSSR count). The van der Waals surface area contributed by atoms with Gasteiger partial charge in [-0.25, -0.2) is 4.79 Å². The lowest BCUT2D eigenvalue weighted by Crippen LogP contribution is -2.45. The van der Waals surface area contributed by atoms with Gasteiger partial charge in [-0.15, -0.1) is 0 Å². The summed E-state index contributed by atoms with van der Waals surface area (Å²) in [7, 11) is 0. The van der Waals surface area contributed by atoms with Crippen molar-refractivity contribution in [2.75, 3.05) is 6.54 Å². The summed E-state index contributed by atoms with van der Waals surface area (Å²) in [6, 6.07) is 7.31. The fraction of sp³-hybridized carbons (Fsp3) is 0.545. The molecule has 1 saturated heterocycles. The van der Waals surface area contributed by atoms with E-state index in [1.165, 1.54) is 12.5 Å². The molecule has 0 unspecified atom stereocenters. The van der Waals surface area contributed by atoms with E-state index < -0.39 is 36.1 Å². The van der Waals surface area contributed by atoms with E-state index in [1.807, 2.05) is 18.2 Å². The van der Waals surface area contributed by atoms with Gasteiger partial charge in [0.25, 0.3) is 11.8 Å². The van der Waals surface area contributed by atoms with Gasteiger partial charge in [0.2, 0.25) is 0 Å². The summed E-state index contributed by atoms with van der Waals surface area (Å²) >= 11 is 0. The molecule has 2 N–H and O–H groups in total. The maximum absolute atomic E-state index is 12.6. The topological polar surface area (TPSA) is 105 Å². The van der Waals surface area contributed by atoms with E-state index in [2.05, 4.69) is 16.7 Å². The molecule has 2 fully saturated rings. The molecule has 1 saturated carbocycles. The van der Waals surface area contributed by atoms with E-state index in [0.29, 0.717) is 12.8 Å². The van der Waals surface area contributed by atoms with Gasteiger partial charge in [-0.1, -0.05) is 37.1 Å². The lowest BCUT2D eigenvalue weighted by molar-refractivity contribution is -0.157. The number of aryl methyl sites for hydroxylation is 1. The summed E-state index contributed by atoms with van der Waals surface area (Å²) in [5.41, 5.74) is 1.45. The number of urea groups is 1. The van der Waals surface area contributed by atoms with Crippen molar-refractivity contribution >= 4 is 23.8 Å². The Balaban J connectivity index is 1.32. The smallest absolute Gasteiger partial charge is 0.327 e. The van der Waals surface area contributed by atoms with Gasteiger partial charge in [-0.2, -0.15) is 0 Å². The lowest BCUT2D eigenvalue weighted by Gasteiger charge is -2.27. The number of carbonyl (C=O) groups is 4. The largest absolute Gasteiger partial charge is 0.451 e. The number of benzene rings is 1. The molecule has 1 aliphatic heterocycles. The van der Waals surface area contributed by atoms with E-state index in [1.54, 1.807) is 0 Å². The van der Waals surface area contributed by atoms with Crippen LogP contribution in [0.25, 0.3) is 0 Å². The molecule has 2 atom stereocenters. The highest BCUT2D eigenvalue weighted by molar-refractivity contribution is 6.08. The van der Waals surface area contributed by atoms with E-state index in [-0.39, 0.29) is 11.9 Å². The van der Waals surface area contributed by atoms with Gasteiger partial charge in [-0.3, -0.25) is 19.3 Å². The highest BCUT2D eigenvalue weighted by Gasteiger charge is 2.52. The second-order valence-electron chi connectivity index (χ2n) is 8.39. The number of hydrogen-bond donors (Lipinski definition) is 2. The van der Waals surface area contributed by atoms with E-state index >= 15 is 0 Å². The summed E-state index contributed by atoms with van der Waals surface area (Å²) in [5, 5.41) is 5.68.